The molecule has 2 aliphatic heterocycles. The number of hydrogen-bond donors (Lipinski definition) is 1. The van der Waals surface area contributed by atoms with Crippen molar-refractivity contribution in [3.05, 3.63) is 17.6 Å². The zero-order valence-electron chi connectivity index (χ0n) is 15.4. The van der Waals surface area contributed by atoms with E-state index in [-0.39, 0.29) is 24.2 Å². The summed E-state index contributed by atoms with van der Waals surface area (Å²) >= 11 is 0. The molecule has 0 aromatic carbocycles. The molecule has 1 aromatic rings. The van der Waals surface area contributed by atoms with Gasteiger partial charge in [0.05, 0.1) is 13.2 Å². The van der Waals surface area contributed by atoms with Crippen LogP contribution in [0.1, 0.15) is 31.3 Å². The summed E-state index contributed by atoms with van der Waals surface area (Å²) in [5.41, 5.74) is 0.335. The second kappa shape index (κ2) is 7.97. The summed E-state index contributed by atoms with van der Waals surface area (Å²) in [5.74, 6) is -1.15. The fourth-order valence-electron chi connectivity index (χ4n) is 3.16. The van der Waals surface area contributed by atoms with Gasteiger partial charge in [0.25, 0.3) is 0 Å². The number of piperazine rings is 1. The highest BCUT2D eigenvalue weighted by Crippen LogP contribution is 2.30. The lowest BCUT2D eigenvalue weighted by atomic mass is 10.1. The number of amides is 1. The van der Waals surface area contributed by atoms with E-state index < -0.39 is 18.0 Å². The number of carbonyl (C=O) groups excluding carboxylic acids is 1. The van der Waals surface area contributed by atoms with Crippen molar-refractivity contribution in [3.63, 3.8) is 0 Å². The Labute approximate surface area is 155 Å². The Morgan fingerprint density at radius 2 is 1.96 bits per heavy atom. The van der Waals surface area contributed by atoms with Gasteiger partial charge in [-0.15, -0.1) is 0 Å². The fourth-order valence-corrected chi connectivity index (χ4v) is 3.16. The molecule has 0 radical (unpaired) electrons. The molecule has 0 aliphatic carbocycles. The van der Waals surface area contributed by atoms with Gasteiger partial charge in [0.15, 0.2) is 0 Å². The van der Waals surface area contributed by atoms with Crippen LogP contribution in [-0.2, 0) is 15.7 Å². The zero-order chi connectivity index (χ0) is 19.6. The zero-order valence-corrected chi connectivity index (χ0v) is 15.4. The molecule has 3 heterocycles. The van der Waals surface area contributed by atoms with Crippen LogP contribution in [0.4, 0.5) is 19.0 Å². The van der Waals surface area contributed by atoms with E-state index in [0.29, 0.717) is 45.1 Å². The molecular weight excluding hydrogens is 363 g/mol. The number of aromatic nitrogens is 2. The Balaban J connectivity index is 1.80. The minimum atomic E-state index is -4.61. The molecule has 2 fully saturated rings. The minimum absolute atomic E-state index is 0.0582. The number of anilines is 1. The molecule has 10 heteroatoms. The number of carbonyl (C=O) groups is 1. The first-order chi connectivity index (χ1) is 12.8. The predicted molar refractivity (Wildman–Crippen MR) is 92.5 cm³/mol. The Morgan fingerprint density at radius 1 is 1.26 bits per heavy atom. The Kier molecular flexibility index (Phi) is 5.85. The van der Waals surface area contributed by atoms with Crippen molar-refractivity contribution < 1.29 is 22.7 Å². The van der Waals surface area contributed by atoms with Gasteiger partial charge in [-0.05, 0) is 5.92 Å². The number of nitrogens with one attached hydrogen (secondary N) is 1. The summed E-state index contributed by atoms with van der Waals surface area (Å²) < 4.78 is 44.9. The standard InChI is InChI=1S/C17H24F3N5O2/c1-11(2)12-9-14(23-16(22-12)17(18,19)20)25-4-3-21-13(10-25)15(26)24-5-7-27-8-6-24/h9,11,13,21H,3-8,10H2,1-2H3. The highest BCUT2D eigenvalue weighted by molar-refractivity contribution is 5.83. The number of ether oxygens (including phenoxy) is 1. The van der Waals surface area contributed by atoms with Gasteiger partial charge in [0.2, 0.25) is 11.7 Å². The van der Waals surface area contributed by atoms with Gasteiger partial charge < -0.3 is 19.9 Å². The molecular formula is C17H24F3N5O2. The maximum absolute atomic E-state index is 13.2. The molecule has 1 N–H and O–H groups in total. The van der Waals surface area contributed by atoms with Crippen LogP contribution in [-0.4, -0.2) is 72.8 Å². The van der Waals surface area contributed by atoms with Crippen LogP contribution in [0.5, 0.6) is 0 Å². The summed E-state index contributed by atoms with van der Waals surface area (Å²) in [6.45, 7) is 6.86. The van der Waals surface area contributed by atoms with E-state index >= 15 is 0 Å². The topological polar surface area (TPSA) is 70.6 Å². The van der Waals surface area contributed by atoms with Crippen LogP contribution in [0.15, 0.2) is 6.07 Å². The smallest absolute Gasteiger partial charge is 0.378 e. The van der Waals surface area contributed by atoms with Gasteiger partial charge in [0.1, 0.15) is 11.9 Å². The fraction of sp³-hybridized carbons (Fsp3) is 0.706. The van der Waals surface area contributed by atoms with Gasteiger partial charge in [-0.1, -0.05) is 13.8 Å². The van der Waals surface area contributed by atoms with Gasteiger partial charge in [-0.25, -0.2) is 9.97 Å². The van der Waals surface area contributed by atoms with Crippen molar-refractivity contribution in [2.75, 3.05) is 50.8 Å². The third-order valence-electron chi connectivity index (χ3n) is 4.70. The van der Waals surface area contributed by atoms with Crippen LogP contribution in [0.3, 0.4) is 0 Å². The Hall–Kier alpha value is -1.94. The highest BCUT2D eigenvalue weighted by Gasteiger charge is 2.37. The monoisotopic (exact) mass is 387 g/mol. The second-order valence-corrected chi connectivity index (χ2v) is 7.02. The second-order valence-electron chi connectivity index (χ2n) is 7.02. The molecule has 0 saturated carbocycles. The van der Waals surface area contributed by atoms with Crippen LogP contribution in [0.2, 0.25) is 0 Å². The number of nitrogens with zero attached hydrogens (tertiary/aromatic N) is 4. The third kappa shape index (κ3) is 4.67. The molecule has 0 spiro atoms. The average molecular weight is 387 g/mol. The molecule has 150 valence electrons. The third-order valence-corrected chi connectivity index (χ3v) is 4.70. The van der Waals surface area contributed by atoms with Crippen molar-refractivity contribution in [2.24, 2.45) is 0 Å². The van der Waals surface area contributed by atoms with E-state index in [1.807, 2.05) is 0 Å². The van der Waals surface area contributed by atoms with Crippen LogP contribution < -0.4 is 10.2 Å². The summed E-state index contributed by atoms with van der Waals surface area (Å²) in [5, 5.41) is 3.16. The van der Waals surface area contributed by atoms with Gasteiger partial charge in [0, 0.05) is 44.5 Å². The number of hydrogen-bond acceptors (Lipinski definition) is 6. The molecule has 3 rings (SSSR count). The first-order valence-electron chi connectivity index (χ1n) is 9.06. The van der Waals surface area contributed by atoms with E-state index in [1.54, 1.807) is 29.7 Å². The Morgan fingerprint density at radius 3 is 2.59 bits per heavy atom. The van der Waals surface area contributed by atoms with Crippen LogP contribution in [0, 0.1) is 0 Å². The number of rotatable bonds is 3. The highest BCUT2D eigenvalue weighted by atomic mass is 19.4. The maximum atomic E-state index is 13.2. The van der Waals surface area contributed by atoms with Crippen molar-refractivity contribution in [1.29, 1.82) is 0 Å². The largest absolute Gasteiger partial charge is 0.451 e. The summed E-state index contributed by atoms with van der Waals surface area (Å²) in [4.78, 5) is 23.5. The lowest BCUT2D eigenvalue weighted by molar-refractivity contribution is -0.145. The Bertz CT molecular complexity index is 677. The molecule has 7 nitrogen and oxygen atoms in total. The molecule has 2 aliphatic rings. The molecule has 2 saturated heterocycles. The van der Waals surface area contributed by atoms with Gasteiger partial charge in [-0.3, -0.25) is 4.79 Å². The van der Waals surface area contributed by atoms with Crippen molar-refractivity contribution in [2.45, 2.75) is 32.0 Å². The van der Waals surface area contributed by atoms with Crippen molar-refractivity contribution >= 4 is 11.7 Å². The van der Waals surface area contributed by atoms with Crippen molar-refractivity contribution in [1.82, 2.24) is 20.2 Å². The molecule has 0 bridgehead atoms. The quantitative estimate of drug-likeness (QED) is 0.842. The van der Waals surface area contributed by atoms with Gasteiger partial charge >= 0.3 is 6.18 Å². The molecule has 1 amide bonds. The SMILES string of the molecule is CC(C)c1cc(N2CCNC(C(=O)N3CCOCC3)C2)nc(C(F)(F)F)n1. The first-order valence-corrected chi connectivity index (χ1v) is 9.06. The number of morpholine rings is 1. The van der Waals surface area contributed by atoms with Crippen LogP contribution >= 0.6 is 0 Å². The lowest BCUT2D eigenvalue weighted by Crippen LogP contribution is -2.59. The molecule has 27 heavy (non-hydrogen) atoms. The molecule has 1 unspecified atom stereocenters. The van der Waals surface area contributed by atoms with Gasteiger partial charge in [-0.2, -0.15) is 13.2 Å². The number of halogens is 3. The normalized spacial score (nSPS) is 21.6. The maximum Gasteiger partial charge on any atom is 0.451 e. The number of alkyl halides is 3. The molecule has 1 atom stereocenters. The van der Waals surface area contributed by atoms with Crippen molar-refractivity contribution in [3.8, 4) is 0 Å². The molecule has 1 aromatic heterocycles. The summed E-state index contributed by atoms with van der Waals surface area (Å²) in [6, 6.07) is 1.10. The summed E-state index contributed by atoms with van der Waals surface area (Å²) in [6.07, 6.45) is -4.61. The summed E-state index contributed by atoms with van der Waals surface area (Å²) in [7, 11) is 0. The lowest BCUT2D eigenvalue weighted by Gasteiger charge is -2.37. The van der Waals surface area contributed by atoms with E-state index in [1.165, 1.54) is 0 Å². The average Bonchev–Trinajstić information content (AvgIpc) is 2.67. The van der Waals surface area contributed by atoms with E-state index in [4.69, 9.17) is 4.74 Å². The first kappa shape index (κ1) is 19.8. The van der Waals surface area contributed by atoms with E-state index in [9.17, 15) is 18.0 Å². The minimum Gasteiger partial charge on any atom is -0.378 e. The van der Waals surface area contributed by atoms with Crippen LogP contribution in [0.25, 0.3) is 0 Å². The predicted octanol–water partition coefficient (Wildman–Crippen LogP) is 1.26. The van der Waals surface area contributed by atoms with E-state index in [2.05, 4.69) is 15.3 Å². The van der Waals surface area contributed by atoms with E-state index in [0.717, 1.165) is 0 Å².